The Morgan fingerprint density at radius 3 is 2.04 bits per heavy atom. The van der Waals surface area contributed by atoms with Crippen LogP contribution in [0, 0.1) is 6.57 Å². The summed E-state index contributed by atoms with van der Waals surface area (Å²) in [5.74, 6) is -0.586. The molecule has 1 heterocycles. The van der Waals surface area contributed by atoms with Crippen molar-refractivity contribution in [1.82, 2.24) is 5.32 Å². The molecule has 0 bridgehead atoms. The molecule has 4 rings (SSSR count). The maximum Gasteiger partial charge on any atom is 0.323 e. The highest BCUT2D eigenvalue weighted by atomic mass is 16.2. The van der Waals surface area contributed by atoms with Gasteiger partial charge < -0.3 is 5.32 Å². The molecule has 0 aromatic heterocycles. The minimum absolute atomic E-state index is 0.249. The highest BCUT2D eigenvalue weighted by Gasteiger charge is 2.55. The van der Waals surface area contributed by atoms with E-state index >= 15 is 0 Å². The Labute approximate surface area is 165 Å². The fourth-order valence-corrected chi connectivity index (χ4v) is 3.79. The number of amides is 1. The predicted octanol–water partition coefficient (Wildman–Crippen LogP) is 4.84. The summed E-state index contributed by atoms with van der Waals surface area (Å²) in [4.78, 5) is 17.3. The van der Waals surface area contributed by atoms with Crippen LogP contribution in [0.2, 0.25) is 0 Å². The van der Waals surface area contributed by atoms with Crippen LogP contribution in [-0.2, 0) is 11.2 Å². The molecule has 2 atom stereocenters. The second-order valence-electron chi connectivity index (χ2n) is 6.99. The van der Waals surface area contributed by atoms with Gasteiger partial charge in [-0.2, -0.15) is 0 Å². The topological polar surface area (TPSA) is 33.5 Å². The van der Waals surface area contributed by atoms with Crippen LogP contribution in [0.5, 0.6) is 0 Å². The molecule has 0 fully saturated rings. The highest BCUT2D eigenvalue weighted by Crippen LogP contribution is 2.41. The summed E-state index contributed by atoms with van der Waals surface area (Å²) in [6, 6.07) is 29.4. The van der Waals surface area contributed by atoms with Crippen LogP contribution in [0.25, 0.3) is 10.5 Å². The number of rotatable bonds is 4. The molecule has 1 aliphatic heterocycles. The van der Waals surface area contributed by atoms with Gasteiger partial charge >= 0.3 is 11.4 Å². The molecule has 3 heteroatoms. The lowest BCUT2D eigenvalue weighted by molar-refractivity contribution is -0.124. The molecular weight excluding hydrogens is 344 g/mol. The van der Waals surface area contributed by atoms with Crippen molar-refractivity contribution in [2.75, 3.05) is 0 Å². The minimum atomic E-state index is -1.22. The van der Waals surface area contributed by atoms with E-state index in [2.05, 4.69) is 10.2 Å². The summed E-state index contributed by atoms with van der Waals surface area (Å²) >= 11 is 0. The van der Waals surface area contributed by atoms with Crippen LogP contribution in [0.15, 0.2) is 97.1 Å². The van der Waals surface area contributed by atoms with Crippen molar-refractivity contribution in [3.63, 3.8) is 0 Å². The van der Waals surface area contributed by atoms with Gasteiger partial charge in [-0.3, -0.25) is 9.64 Å². The van der Waals surface area contributed by atoms with Crippen LogP contribution in [0.4, 0.5) is 0 Å². The molecule has 0 saturated heterocycles. The molecule has 1 amide bonds. The van der Waals surface area contributed by atoms with Crippen molar-refractivity contribution in [2.24, 2.45) is 0 Å². The van der Waals surface area contributed by atoms with Crippen molar-refractivity contribution in [1.29, 1.82) is 0 Å². The lowest BCUT2D eigenvalue weighted by atomic mass is 9.72. The normalized spacial score (nSPS) is 21.3. The van der Waals surface area contributed by atoms with E-state index in [4.69, 9.17) is 6.57 Å². The summed E-state index contributed by atoms with van der Waals surface area (Å²) in [6.07, 6.45) is 2.40. The third-order valence-electron chi connectivity index (χ3n) is 5.25. The smallest absolute Gasteiger partial charge is 0.319 e. The van der Waals surface area contributed by atoms with Crippen LogP contribution < -0.4 is 5.32 Å². The van der Waals surface area contributed by atoms with Crippen molar-refractivity contribution in [2.45, 2.75) is 17.9 Å². The maximum absolute atomic E-state index is 13.4. The molecule has 1 aliphatic rings. The third kappa shape index (κ3) is 3.21. The van der Waals surface area contributed by atoms with Gasteiger partial charge in [0.15, 0.2) is 0 Å². The molecule has 1 N–H and O–H groups in total. The molecular formula is C25H20N2O. The van der Waals surface area contributed by atoms with Gasteiger partial charge in [0.25, 0.3) is 0 Å². The Kier molecular flexibility index (Phi) is 4.78. The van der Waals surface area contributed by atoms with E-state index in [1.807, 2.05) is 97.1 Å². The lowest BCUT2D eigenvalue weighted by Gasteiger charge is -2.33. The zero-order chi connectivity index (χ0) is 19.4. The van der Waals surface area contributed by atoms with Crippen LogP contribution in [0.3, 0.4) is 0 Å². The predicted molar refractivity (Wildman–Crippen MR) is 111 cm³/mol. The molecule has 0 unspecified atom stereocenters. The lowest BCUT2D eigenvalue weighted by Crippen LogP contribution is -2.52. The molecule has 136 valence electrons. The first-order chi connectivity index (χ1) is 13.7. The van der Waals surface area contributed by atoms with E-state index < -0.39 is 5.54 Å². The van der Waals surface area contributed by atoms with Gasteiger partial charge in [0.05, 0.1) is 12.3 Å². The van der Waals surface area contributed by atoms with Crippen molar-refractivity contribution in [3.8, 4) is 0 Å². The Morgan fingerprint density at radius 2 is 1.43 bits per heavy atom. The largest absolute Gasteiger partial charge is 0.323 e. The molecule has 0 spiro atoms. The van der Waals surface area contributed by atoms with E-state index in [1.54, 1.807) is 0 Å². The summed E-state index contributed by atoms with van der Waals surface area (Å²) in [5.41, 5.74) is 2.42. The zero-order valence-corrected chi connectivity index (χ0v) is 15.4. The van der Waals surface area contributed by atoms with E-state index in [-0.39, 0.29) is 11.8 Å². The van der Waals surface area contributed by atoms with Gasteiger partial charge in [-0.1, -0.05) is 91.0 Å². The van der Waals surface area contributed by atoms with Gasteiger partial charge in [-0.05, 0) is 22.8 Å². The Morgan fingerprint density at radius 1 is 0.857 bits per heavy atom. The van der Waals surface area contributed by atoms with Gasteiger partial charge in [0.2, 0.25) is 0 Å². The standard InChI is InChI=1S/C25H20N2O/c1-26-25(18-19-11-5-2-6-12-19)22(20-13-7-3-8-14-20)17-23(27-24(25)28)21-15-9-4-10-16-21/h2-17,22H,18H2,(H,27,28)/t22-,25+/m0/s1. The summed E-state index contributed by atoms with van der Waals surface area (Å²) in [6.45, 7) is 8.01. The minimum Gasteiger partial charge on any atom is -0.319 e. The Balaban J connectivity index is 1.86. The highest BCUT2D eigenvalue weighted by molar-refractivity contribution is 5.99. The monoisotopic (exact) mass is 364 g/mol. The third-order valence-corrected chi connectivity index (χ3v) is 5.25. The van der Waals surface area contributed by atoms with Crippen molar-refractivity contribution in [3.05, 3.63) is 125 Å². The average Bonchev–Trinajstić information content (AvgIpc) is 2.77. The van der Waals surface area contributed by atoms with E-state index in [0.717, 1.165) is 22.4 Å². The Hall–Kier alpha value is -3.64. The fraction of sp³-hybridized carbons (Fsp3) is 0.120. The zero-order valence-electron chi connectivity index (χ0n) is 15.4. The van der Waals surface area contributed by atoms with Gasteiger partial charge in [-0.25, -0.2) is 6.57 Å². The Bertz CT molecular complexity index is 1040. The molecule has 3 aromatic carbocycles. The summed E-state index contributed by atoms with van der Waals surface area (Å²) < 4.78 is 0. The second-order valence-corrected chi connectivity index (χ2v) is 6.99. The first-order valence-electron chi connectivity index (χ1n) is 9.29. The molecule has 3 nitrogen and oxygen atoms in total. The van der Waals surface area contributed by atoms with Crippen LogP contribution in [0.1, 0.15) is 22.6 Å². The summed E-state index contributed by atoms with van der Waals surface area (Å²) in [7, 11) is 0. The number of carbonyl (C=O) groups is 1. The SMILES string of the molecule is [C-]#[N+][C@@]1(Cc2ccccc2)C(=O)NC(c2ccccc2)=C[C@H]1c1ccccc1. The number of nitrogens with zero attached hydrogens (tertiary/aromatic N) is 1. The van der Waals surface area contributed by atoms with Crippen LogP contribution >= 0.6 is 0 Å². The fourth-order valence-electron chi connectivity index (χ4n) is 3.79. The van der Waals surface area contributed by atoms with Crippen LogP contribution in [-0.4, -0.2) is 11.4 Å². The first-order valence-corrected chi connectivity index (χ1v) is 9.29. The van der Waals surface area contributed by atoms with Gasteiger partial charge in [0.1, 0.15) is 0 Å². The number of hydrogen-bond donors (Lipinski definition) is 1. The van der Waals surface area contributed by atoms with Crippen molar-refractivity contribution < 1.29 is 4.79 Å². The van der Waals surface area contributed by atoms with Gasteiger partial charge in [0, 0.05) is 5.70 Å². The summed E-state index contributed by atoms with van der Waals surface area (Å²) in [5, 5.41) is 3.00. The molecule has 0 radical (unpaired) electrons. The molecule has 0 saturated carbocycles. The number of nitrogens with one attached hydrogen (secondary N) is 1. The molecule has 28 heavy (non-hydrogen) atoms. The quantitative estimate of drug-likeness (QED) is 0.660. The second kappa shape index (κ2) is 7.54. The first kappa shape index (κ1) is 17.8. The van der Waals surface area contributed by atoms with Gasteiger partial charge in [-0.15, -0.1) is 0 Å². The van der Waals surface area contributed by atoms with Crippen molar-refractivity contribution >= 4 is 11.6 Å². The molecule has 3 aromatic rings. The number of benzene rings is 3. The van der Waals surface area contributed by atoms with E-state index in [1.165, 1.54) is 0 Å². The number of carbonyl (C=O) groups excluding carboxylic acids is 1. The van der Waals surface area contributed by atoms with E-state index in [0.29, 0.717) is 6.42 Å². The average molecular weight is 364 g/mol. The number of hydrogen-bond acceptors (Lipinski definition) is 1. The maximum atomic E-state index is 13.4. The molecule has 0 aliphatic carbocycles. The van der Waals surface area contributed by atoms with E-state index in [9.17, 15) is 4.79 Å².